The lowest BCUT2D eigenvalue weighted by molar-refractivity contribution is 0.102. The zero-order valence-corrected chi connectivity index (χ0v) is 16.1. The van der Waals surface area contributed by atoms with Crippen LogP contribution in [0.1, 0.15) is 41.5 Å². The van der Waals surface area contributed by atoms with Crippen molar-refractivity contribution in [2.75, 3.05) is 5.32 Å². The molecule has 0 spiro atoms. The van der Waals surface area contributed by atoms with Crippen LogP contribution in [0.4, 0.5) is 5.69 Å². The lowest BCUT2D eigenvalue weighted by Gasteiger charge is -2.13. The van der Waals surface area contributed by atoms with E-state index in [4.69, 9.17) is 0 Å². The molecule has 0 bridgehead atoms. The van der Waals surface area contributed by atoms with Crippen LogP contribution in [0, 0.1) is 13.8 Å². The van der Waals surface area contributed by atoms with Crippen LogP contribution in [0.25, 0.3) is 16.7 Å². The lowest BCUT2D eigenvalue weighted by Crippen LogP contribution is -2.16. The van der Waals surface area contributed by atoms with Gasteiger partial charge in [0.05, 0.1) is 23.1 Å². The SMILES string of the molecule is Cc1nc2c(cnn2C(C)C)cc1C(=O)Nc1cccc(-n2cnnn2)c1C. The monoisotopic (exact) mass is 376 g/mol. The summed E-state index contributed by atoms with van der Waals surface area (Å²) in [5.74, 6) is -0.221. The molecule has 0 aliphatic rings. The van der Waals surface area contributed by atoms with E-state index >= 15 is 0 Å². The van der Waals surface area contributed by atoms with Crippen molar-refractivity contribution < 1.29 is 4.79 Å². The van der Waals surface area contributed by atoms with Crippen molar-refractivity contribution in [3.63, 3.8) is 0 Å². The number of aryl methyl sites for hydroxylation is 1. The zero-order valence-electron chi connectivity index (χ0n) is 16.1. The summed E-state index contributed by atoms with van der Waals surface area (Å²) in [4.78, 5) is 17.6. The Hall–Kier alpha value is -3.62. The number of nitrogens with zero attached hydrogens (tertiary/aromatic N) is 7. The molecule has 3 aromatic heterocycles. The highest BCUT2D eigenvalue weighted by atomic mass is 16.1. The van der Waals surface area contributed by atoms with E-state index in [1.165, 1.54) is 6.33 Å². The van der Waals surface area contributed by atoms with Crippen LogP contribution in [0.2, 0.25) is 0 Å². The van der Waals surface area contributed by atoms with Gasteiger partial charge in [0.2, 0.25) is 0 Å². The zero-order chi connectivity index (χ0) is 19.8. The third kappa shape index (κ3) is 3.00. The summed E-state index contributed by atoms with van der Waals surface area (Å²) >= 11 is 0. The van der Waals surface area contributed by atoms with Gasteiger partial charge in [0.1, 0.15) is 6.33 Å². The Bertz CT molecular complexity index is 1160. The van der Waals surface area contributed by atoms with Crippen LogP contribution in [-0.2, 0) is 0 Å². The van der Waals surface area contributed by atoms with E-state index < -0.39 is 0 Å². The summed E-state index contributed by atoms with van der Waals surface area (Å²) in [6.07, 6.45) is 3.25. The molecular formula is C19H20N8O. The molecule has 0 aliphatic heterocycles. The minimum absolute atomic E-state index is 0.195. The normalized spacial score (nSPS) is 11.3. The number of carbonyl (C=O) groups excluding carboxylic acids is 1. The van der Waals surface area contributed by atoms with Crippen molar-refractivity contribution in [3.05, 3.63) is 53.6 Å². The van der Waals surface area contributed by atoms with Crippen LogP contribution in [0.5, 0.6) is 0 Å². The maximum Gasteiger partial charge on any atom is 0.257 e. The van der Waals surface area contributed by atoms with Gasteiger partial charge < -0.3 is 5.32 Å². The topological polar surface area (TPSA) is 103 Å². The van der Waals surface area contributed by atoms with Crippen LogP contribution in [0.15, 0.2) is 36.8 Å². The van der Waals surface area contributed by atoms with E-state index in [0.717, 1.165) is 22.3 Å². The van der Waals surface area contributed by atoms with Gasteiger partial charge in [0.15, 0.2) is 5.65 Å². The van der Waals surface area contributed by atoms with Gasteiger partial charge in [0, 0.05) is 17.1 Å². The highest BCUT2D eigenvalue weighted by Crippen LogP contribution is 2.24. The van der Waals surface area contributed by atoms with E-state index in [9.17, 15) is 4.79 Å². The number of fused-ring (bicyclic) bond motifs is 1. The molecule has 0 fully saturated rings. The molecule has 0 radical (unpaired) electrons. The van der Waals surface area contributed by atoms with Crippen molar-refractivity contribution in [2.45, 2.75) is 33.7 Å². The van der Waals surface area contributed by atoms with Gasteiger partial charge in [-0.15, -0.1) is 5.10 Å². The summed E-state index contributed by atoms with van der Waals surface area (Å²) in [7, 11) is 0. The molecule has 9 heteroatoms. The molecule has 0 saturated heterocycles. The summed E-state index contributed by atoms with van der Waals surface area (Å²) in [5.41, 5.74) is 4.30. The van der Waals surface area contributed by atoms with E-state index in [1.54, 1.807) is 10.9 Å². The van der Waals surface area contributed by atoms with Gasteiger partial charge in [0.25, 0.3) is 5.91 Å². The Kier molecular flexibility index (Phi) is 4.34. The fourth-order valence-electron chi connectivity index (χ4n) is 3.14. The molecule has 4 aromatic rings. The molecule has 3 heterocycles. The van der Waals surface area contributed by atoms with E-state index in [2.05, 4.69) is 30.9 Å². The Morgan fingerprint density at radius 3 is 2.75 bits per heavy atom. The number of hydrogen-bond acceptors (Lipinski definition) is 6. The molecule has 4 rings (SSSR count). The number of rotatable bonds is 4. The Labute approximate surface area is 161 Å². The van der Waals surface area contributed by atoms with Gasteiger partial charge >= 0.3 is 0 Å². The second kappa shape index (κ2) is 6.84. The van der Waals surface area contributed by atoms with Crippen molar-refractivity contribution in [1.29, 1.82) is 0 Å². The average Bonchev–Trinajstić information content (AvgIpc) is 3.32. The fourth-order valence-corrected chi connectivity index (χ4v) is 3.14. The van der Waals surface area contributed by atoms with Gasteiger partial charge in [-0.3, -0.25) is 4.79 Å². The first-order valence-electron chi connectivity index (χ1n) is 8.95. The summed E-state index contributed by atoms with van der Waals surface area (Å²) < 4.78 is 3.41. The predicted molar refractivity (Wildman–Crippen MR) is 104 cm³/mol. The van der Waals surface area contributed by atoms with Crippen molar-refractivity contribution in [2.24, 2.45) is 0 Å². The molecule has 1 amide bonds. The van der Waals surface area contributed by atoms with E-state index in [0.29, 0.717) is 16.9 Å². The molecule has 9 nitrogen and oxygen atoms in total. The molecule has 28 heavy (non-hydrogen) atoms. The van der Waals surface area contributed by atoms with Crippen LogP contribution in [-0.4, -0.2) is 40.9 Å². The second-order valence-corrected chi connectivity index (χ2v) is 6.88. The molecule has 0 saturated carbocycles. The molecule has 0 unspecified atom stereocenters. The Balaban J connectivity index is 1.68. The molecule has 0 aliphatic carbocycles. The van der Waals surface area contributed by atoms with Gasteiger partial charge in [-0.25, -0.2) is 14.3 Å². The Morgan fingerprint density at radius 1 is 1.21 bits per heavy atom. The number of pyridine rings is 1. The molecule has 1 aromatic carbocycles. The number of hydrogen-bond donors (Lipinski definition) is 1. The fraction of sp³-hybridized carbons (Fsp3) is 0.263. The van der Waals surface area contributed by atoms with Crippen molar-refractivity contribution >= 4 is 22.6 Å². The first-order chi connectivity index (χ1) is 13.5. The van der Waals surface area contributed by atoms with E-state index in [1.807, 2.05) is 56.6 Å². The van der Waals surface area contributed by atoms with Crippen LogP contribution in [0.3, 0.4) is 0 Å². The van der Waals surface area contributed by atoms with Gasteiger partial charge in [-0.1, -0.05) is 6.07 Å². The number of anilines is 1. The molecule has 1 N–H and O–H groups in total. The minimum atomic E-state index is -0.221. The predicted octanol–water partition coefficient (Wildman–Crippen LogP) is 2.86. The third-order valence-corrected chi connectivity index (χ3v) is 4.64. The van der Waals surface area contributed by atoms with Crippen molar-refractivity contribution in [3.8, 4) is 5.69 Å². The van der Waals surface area contributed by atoms with Gasteiger partial charge in [-0.05, 0) is 61.9 Å². The molecular weight excluding hydrogens is 356 g/mol. The second-order valence-electron chi connectivity index (χ2n) is 6.88. The number of nitrogens with one attached hydrogen (secondary N) is 1. The van der Waals surface area contributed by atoms with Gasteiger partial charge in [-0.2, -0.15) is 5.10 Å². The number of amides is 1. The van der Waals surface area contributed by atoms with E-state index in [-0.39, 0.29) is 11.9 Å². The first kappa shape index (κ1) is 17.8. The highest BCUT2D eigenvalue weighted by Gasteiger charge is 2.17. The number of benzene rings is 1. The third-order valence-electron chi connectivity index (χ3n) is 4.64. The maximum atomic E-state index is 12.9. The number of tetrazole rings is 1. The first-order valence-corrected chi connectivity index (χ1v) is 8.95. The standard InChI is InChI=1S/C19H20N8O/c1-11(2)27-18-14(9-21-27)8-15(13(4)22-18)19(28)23-16-6-5-7-17(12(16)3)26-10-20-24-25-26/h5-11H,1-4H3,(H,23,28). The number of carbonyl (C=O) groups is 1. The van der Waals surface area contributed by atoms with Crippen LogP contribution < -0.4 is 5.32 Å². The highest BCUT2D eigenvalue weighted by molar-refractivity contribution is 6.07. The maximum absolute atomic E-state index is 12.9. The summed E-state index contributed by atoms with van der Waals surface area (Å²) in [6, 6.07) is 7.61. The summed E-state index contributed by atoms with van der Waals surface area (Å²) in [5, 5.41) is 19.4. The molecule has 0 atom stereocenters. The minimum Gasteiger partial charge on any atom is -0.322 e. The quantitative estimate of drug-likeness (QED) is 0.587. The number of aromatic nitrogens is 7. The molecule has 142 valence electrons. The largest absolute Gasteiger partial charge is 0.322 e. The van der Waals surface area contributed by atoms with Crippen molar-refractivity contribution in [1.82, 2.24) is 35.0 Å². The van der Waals surface area contributed by atoms with Crippen LogP contribution >= 0.6 is 0 Å². The Morgan fingerprint density at radius 2 is 2.04 bits per heavy atom. The summed E-state index contributed by atoms with van der Waals surface area (Å²) in [6.45, 7) is 7.83. The average molecular weight is 376 g/mol. The smallest absolute Gasteiger partial charge is 0.257 e. The lowest BCUT2D eigenvalue weighted by atomic mass is 10.1.